The zero-order valence-electron chi connectivity index (χ0n) is 21.7. The molecule has 0 fully saturated rings. The molecule has 0 amide bonds. The summed E-state index contributed by atoms with van der Waals surface area (Å²) in [4.78, 5) is 2.64. The molecule has 0 aliphatic heterocycles. The van der Waals surface area contributed by atoms with Crippen LogP contribution < -0.4 is 10.1 Å². The summed E-state index contributed by atoms with van der Waals surface area (Å²) in [5, 5.41) is 6.24. The van der Waals surface area contributed by atoms with Crippen LogP contribution in [0.25, 0.3) is 10.8 Å². The van der Waals surface area contributed by atoms with Crippen LogP contribution in [0.4, 0.5) is 0 Å². The third-order valence-electron chi connectivity index (χ3n) is 6.30. The second kappa shape index (κ2) is 17.6. The molecule has 3 nitrogen and oxygen atoms in total. The SMILES string of the molecule is CCCCN(CCCC)CCCNCc1c(OCc2ccc(C)cc2)ccc2ccccc12.Cl.Cl. The molecule has 0 aliphatic carbocycles. The highest BCUT2D eigenvalue weighted by Crippen LogP contribution is 2.29. The van der Waals surface area contributed by atoms with Crippen molar-refractivity contribution in [2.24, 2.45) is 0 Å². The van der Waals surface area contributed by atoms with Crippen molar-refractivity contribution >= 4 is 35.6 Å². The highest BCUT2D eigenvalue weighted by atomic mass is 35.5. The van der Waals surface area contributed by atoms with Crippen molar-refractivity contribution in [2.45, 2.75) is 66.0 Å². The first-order valence-corrected chi connectivity index (χ1v) is 12.8. The van der Waals surface area contributed by atoms with E-state index in [0.717, 1.165) is 18.8 Å². The van der Waals surface area contributed by atoms with Crippen molar-refractivity contribution in [1.29, 1.82) is 0 Å². The highest BCUT2D eigenvalue weighted by Gasteiger charge is 2.10. The Labute approximate surface area is 225 Å². The van der Waals surface area contributed by atoms with Gasteiger partial charge in [0, 0.05) is 12.1 Å². The van der Waals surface area contributed by atoms with Gasteiger partial charge in [-0.15, -0.1) is 24.8 Å². The van der Waals surface area contributed by atoms with Crippen LogP contribution in [0.3, 0.4) is 0 Å². The van der Waals surface area contributed by atoms with Crippen LogP contribution in [0.1, 0.15) is 62.6 Å². The Hall–Kier alpha value is -1.78. The minimum atomic E-state index is 0. The number of nitrogens with one attached hydrogen (secondary N) is 1. The number of ether oxygens (including phenoxy) is 1. The van der Waals surface area contributed by atoms with E-state index in [0.29, 0.717) is 6.61 Å². The van der Waals surface area contributed by atoms with Gasteiger partial charge in [-0.05, 0) is 74.8 Å². The summed E-state index contributed by atoms with van der Waals surface area (Å²) < 4.78 is 6.31. The summed E-state index contributed by atoms with van der Waals surface area (Å²) in [6.07, 6.45) is 6.32. The topological polar surface area (TPSA) is 24.5 Å². The van der Waals surface area contributed by atoms with Crippen LogP contribution in [0, 0.1) is 6.92 Å². The fourth-order valence-electron chi connectivity index (χ4n) is 4.22. The normalized spacial score (nSPS) is 10.7. The molecule has 1 N–H and O–H groups in total. The Morgan fingerprint density at radius 3 is 2.11 bits per heavy atom. The van der Waals surface area contributed by atoms with Crippen LogP contribution >= 0.6 is 24.8 Å². The first-order valence-electron chi connectivity index (χ1n) is 12.8. The van der Waals surface area contributed by atoms with Gasteiger partial charge in [-0.25, -0.2) is 0 Å². The molecule has 0 bridgehead atoms. The minimum Gasteiger partial charge on any atom is -0.489 e. The maximum atomic E-state index is 6.31. The van der Waals surface area contributed by atoms with Crippen LogP contribution in [-0.2, 0) is 13.2 Å². The van der Waals surface area contributed by atoms with Crippen molar-refractivity contribution in [1.82, 2.24) is 10.2 Å². The molecule has 0 radical (unpaired) electrons. The van der Waals surface area contributed by atoms with E-state index >= 15 is 0 Å². The summed E-state index contributed by atoms with van der Waals surface area (Å²) in [6, 6.07) is 21.5. The van der Waals surface area contributed by atoms with E-state index in [1.54, 1.807) is 0 Å². The Morgan fingerprint density at radius 2 is 1.43 bits per heavy atom. The average molecular weight is 520 g/mol. The lowest BCUT2D eigenvalue weighted by atomic mass is 10.0. The monoisotopic (exact) mass is 518 g/mol. The molecule has 0 saturated carbocycles. The lowest BCUT2D eigenvalue weighted by Crippen LogP contribution is -2.29. The lowest BCUT2D eigenvalue weighted by molar-refractivity contribution is 0.260. The Bertz CT molecular complexity index is 954. The van der Waals surface area contributed by atoms with E-state index < -0.39 is 0 Å². The second-order valence-corrected chi connectivity index (χ2v) is 9.12. The summed E-state index contributed by atoms with van der Waals surface area (Å²) in [5.74, 6) is 0.981. The van der Waals surface area contributed by atoms with Gasteiger partial charge in [0.15, 0.2) is 0 Å². The molecule has 0 aromatic heterocycles. The van der Waals surface area contributed by atoms with Crippen LogP contribution in [0.2, 0.25) is 0 Å². The fraction of sp³-hybridized carbons (Fsp3) is 0.467. The zero-order chi connectivity index (χ0) is 23.3. The number of hydrogen-bond acceptors (Lipinski definition) is 3. The first-order chi connectivity index (χ1) is 16.2. The zero-order valence-corrected chi connectivity index (χ0v) is 23.4. The molecule has 0 atom stereocenters. The summed E-state index contributed by atoms with van der Waals surface area (Å²) in [6.45, 7) is 12.8. The molecule has 0 spiro atoms. The number of benzene rings is 3. The predicted octanol–water partition coefficient (Wildman–Crippen LogP) is 7.95. The van der Waals surface area contributed by atoms with Gasteiger partial charge in [-0.1, -0.05) is 86.8 Å². The van der Waals surface area contributed by atoms with E-state index in [1.807, 2.05) is 0 Å². The van der Waals surface area contributed by atoms with Crippen LogP contribution in [0.5, 0.6) is 5.75 Å². The Morgan fingerprint density at radius 1 is 0.771 bits per heavy atom. The molecular weight excluding hydrogens is 475 g/mol. The summed E-state index contributed by atoms with van der Waals surface area (Å²) in [5.41, 5.74) is 3.73. The molecule has 3 aromatic carbocycles. The quantitative estimate of drug-likeness (QED) is 0.206. The number of rotatable bonds is 15. The van der Waals surface area contributed by atoms with E-state index in [1.165, 1.54) is 79.2 Å². The molecule has 0 heterocycles. The molecule has 3 aromatic rings. The third-order valence-corrected chi connectivity index (χ3v) is 6.30. The van der Waals surface area contributed by atoms with E-state index in [-0.39, 0.29) is 24.8 Å². The number of nitrogens with zero attached hydrogens (tertiary/aromatic N) is 1. The van der Waals surface area contributed by atoms with E-state index in [9.17, 15) is 0 Å². The number of aryl methyl sites for hydroxylation is 1. The van der Waals surface area contributed by atoms with Gasteiger partial charge in [0.25, 0.3) is 0 Å². The molecule has 0 unspecified atom stereocenters. The van der Waals surface area contributed by atoms with Gasteiger partial charge < -0.3 is 15.0 Å². The van der Waals surface area contributed by atoms with Gasteiger partial charge in [-0.2, -0.15) is 0 Å². The van der Waals surface area contributed by atoms with Gasteiger partial charge in [0.05, 0.1) is 0 Å². The van der Waals surface area contributed by atoms with Crippen molar-refractivity contribution < 1.29 is 4.74 Å². The van der Waals surface area contributed by atoms with Crippen LogP contribution in [0.15, 0.2) is 60.7 Å². The number of hydrogen-bond donors (Lipinski definition) is 1. The molecule has 0 saturated heterocycles. The molecule has 5 heteroatoms. The number of unbranched alkanes of at least 4 members (excludes halogenated alkanes) is 2. The lowest BCUT2D eigenvalue weighted by Gasteiger charge is -2.22. The van der Waals surface area contributed by atoms with Crippen molar-refractivity contribution in [3.8, 4) is 5.75 Å². The van der Waals surface area contributed by atoms with Crippen molar-refractivity contribution in [2.75, 3.05) is 26.2 Å². The van der Waals surface area contributed by atoms with E-state index in [2.05, 4.69) is 91.7 Å². The summed E-state index contributed by atoms with van der Waals surface area (Å²) >= 11 is 0. The number of fused-ring (bicyclic) bond motifs is 1. The first kappa shape index (κ1) is 31.3. The molecule has 194 valence electrons. The van der Waals surface area contributed by atoms with Gasteiger partial charge in [-0.3, -0.25) is 0 Å². The van der Waals surface area contributed by atoms with Crippen LogP contribution in [-0.4, -0.2) is 31.1 Å². The number of halogens is 2. The second-order valence-electron chi connectivity index (χ2n) is 9.12. The van der Waals surface area contributed by atoms with Gasteiger partial charge in [0.1, 0.15) is 12.4 Å². The largest absolute Gasteiger partial charge is 0.489 e. The average Bonchev–Trinajstić information content (AvgIpc) is 2.85. The molecular formula is C30H44Cl2N2O. The fourth-order valence-corrected chi connectivity index (χ4v) is 4.22. The molecule has 3 rings (SSSR count). The Balaban J connectivity index is 0.00000306. The smallest absolute Gasteiger partial charge is 0.124 e. The molecule has 0 aliphatic rings. The molecule has 35 heavy (non-hydrogen) atoms. The highest BCUT2D eigenvalue weighted by molar-refractivity contribution is 5.87. The third kappa shape index (κ3) is 10.4. The van der Waals surface area contributed by atoms with Crippen molar-refractivity contribution in [3.05, 3.63) is 77.4 Å². The van der Waals surface area contributed by atoms with Crippen molar-refractivity contribution in [3.63, 3.8) is 0 Å². The standard InChI is InChI=1S/C30H42N2O.2ClH/c1-4-6-20-32(21-7-5-2)22-10-19-31-23-29-28-12-9-8-11-27(28)17-18-30(29)33-24-26-15-13-25(3)14-16-26;;/h8-9,11-18,31H,4-7,10,19-24H2,1-3H3;2*1H. The van der Waals surface area contributed by atoms with Gasteiger partial charge in [0.2, 0.25) is 0 Å². The maximum Gasteiger partial charge on any atom is 0.124 e. The maximum absolute atomic E-state index is 6.31. The summed E-state index contributed by atoms with van der Waals surface area (Å²) in [7, 11) is 0. The van der Waals surface area contributed by atoms with Gasteiger partial charge >= 0.3 is 0 Å². The minimum absolute atomic E-state index is 0. The predicted molar refractivity (Wildman–Crippen MR) is 157 cm³/mol. The Kier molecular flexibility index (Phi) is 15.7. The van der Waals surface area contributed by atoms with E-state index in [4.69, 9.17) is 4.74 Å².